The topological polar surface area (TPSA) is 24.5 Å². The van der Waals surface area contributed by atoms with E-state index in [1.54, 1.807) is 7.11 Å². The maximum atomic E-state index is 13.4. The lowest BCUT2D eigenvalue weighted by Crippen LogP contribution is -2.52. The molecule has 3 nitrogen and oxygen atoms in total. The zero-order valence-corrected chi connectivity index (χ0v) is 10.0. The summed E-state index contributed by atoms with van der Waals surface area (Å²) in [6.45, 7) is 7.19. The van der Waals surface area contributed by atoms with E-state index >= 15 is 0 Å². The van der Waals surface area contributed by atoms with Gasteiger partial charge in [-0.15, -0.1) is 0 Å². The molecule has 1 heterocycles. The van der Waals surface area contributed by atoms with E-state index in [9.17, 15) is 4.39 Å². The molecule has 0 aromatic carbocycles. The summed E-state index contributed by atoms with van der Waals surface area (Å²) in [6, 6.07) is 0.704. The van der Waals surface area contributed by atoms with Crippen molar-refractivity contribution in [1.82, 2.24) is 10.2 Å². The van der Waals surface area contributed by atoms with Gasteiger partial charge in [-0.05, 0) is 6.42 Å². The zero-order chi connectivity index (χ0) is 11.3. The number of piperidine rings is 1. The number of nitrogens with one attached hydrogen (secondary N) is 1. The molecular weight excluding hydrogens is 195 g/mol. The third-order valence-electron chi connectivity index (χ3n) is 2.66. The second-order valence-corrected chi connectivity index (χ2v) is 4.60. The average Bonchev–Trinajstić information content (AvgIpc) is 2.12. The van der Waals surface area contributed by atoms with Crippen LogP contribution in [0.1, 0.15) is 20.3 Å². The van der Waals surface area contributed by atoms with Crippen molar-refractivity contribution in [2.75, 3.05) is 33.4 Å². The molecule has 0 amide bonds. The van der Waals surface area contributed by atoms with Crippen LogP contribution < -0.4 is 5.32 Å². The Bertz CT molecular complexity index is 176. The van der Waals surface area contributed by atoms with E-state index in [0.29, 0.717) is 25.6 Å². The molecule has 0 aromatic heterocycles. The molecule has 1 aliphatic heterocycles. The highest BCUT2D eigenvalue weighted by Crippen LogP contribution is 2.14. The Hall–Kier alpha value is -0.190. The summed E-state index contributed by atoms with van der Waals surface area (Å²) < 4.78 is 18.5. The molecule has 1 aliphatic rings. The van der Waals surface area contributed by atoms with E-state index in [1.807, 2.05) is 0 Å². The molecule has 90 valence electrons. The lowest BCUT2D eigenvalue weighted by molar-refractivity contribution is 0.0795. The maximum Gasteiger partial charge on any atom is 0.114 e. The van der Waals surface area contributed by atoms with Gasteiger partial charge >= 0.3 is 0 Å². The molecule has 1 rings (SSSR count). The minimum atomic E-state index is -0.702. The normalized spacial score (nSPS) is 28.6. The van der Waals surface area contributed by atoms with Crippen LogP contribution in [-0.4, -0.2) is 56.5 Å². The van der Waals surface area contributed by atoms with Gasteiger partial charge in [0.15, 0.2) is 0 Å². The second-order valence-electron chi connectivity index (χ2n) is 4.60. The first-order valence-corrected chi connectivity index (χ1v) is 5.73. The van der Waals surface area contributed by atoms with E-state index in [0.717, 1.165) is 13.1 Å². The Morgan fingerprint density at radius 3 is 2.80 bits per heavy atom. The lowest BCUT2D eigenvalue weighted by atomic mass is 10.0. The third-order valence-corrected chi connectivity index (χ3v) is 2.66. The van der Waals surface area contributed by atoms with Gasteiger partial charge in [-0.2, -0.15) is 0 Å². The molecule has 0 aliphatic carbocycles. The number of rotatable bonds is 5. The van der Waals surface area contributed by atoms with Crippen molar-refractivity contribution in [3.05, 3.63) is 0 Å². The number of methoxy groups -OCH3 is 1. The molecule has 0 bridgehead atoms. The molecule has 0 radical (unpaired) electrons. The van der Waals surface area contributed by atoms with Crippen molar-refractivity contribution in [3.8, 4) is 0 Å². The van der Waals surface area contributed by atoms with Gasteiger partial charge < -0.3 is 10.1 Å². The largest absolute Gasteiger partial charge is 0.383 e. The molecule has 1 fully saturated rings. The fourth-order valence-electron chi connectivity index (χ4n) is 2.12. The Kier molecular flexibility index (Phi) is 5.50. The predicted octanol–water partition coefficient (Wildman–Crippen LogP) is 1.04. The monoisotopic (exact) mass is 218 g/mol. The van der Waals surface area contributed by atoms with Gasteiger partial charge in [-0.1, -0.05) is 13.8 Å². The van der Waals surface area contributed by atoms with Crippen LogP contribution in [0.15, 0.2) is 0 Å². The summed E-state index contributed by atoms with van der Waals surface area (Å²) in [5, 5.41) is 3.40. The molecule has 15 heavy (non-hydrogen) atoms. The fourth-order valence-corrected chi connectivity index (χ4v) is 2.12. The van der Waals surface area contributed by atoms with E-state index in [2.05, 4.69) is 24.1 Å². The predicted molar refractivity (Wildman–Crippen MR) is 59.9 cm³/mol. The van der Waals surface area contributed by atoms with Crippen LogP contribution in [0.3, 0.4) is 0 Å². The molecule has 1 saturated heterocycles. The maximum absolute atomic E-state index is 13.4. The molecular formula is C11H23FN2O. The number of ether oxygens (including phenoxy) is 1. The Morgan fingerprint density at radius 1 is 1.47 bits per heavy atom. The first-order valence-electron chi connectivity index (χ1n) is 5.73. The summed E-state index contributed by atoms with van der Waals surface area (Å²) >= 11 is 0. The molecule has 1 N–H and O–H groups in total. The van der Waals surface area contributed by atoms with Gasteiger partial charge in [0.05, 0.1) is 6.61 Å². The lowest BCUT2D eigenvalue weighted by Gasteiger charge is -2.35. The summed E-state index contributed by atoms with van der Waals surface area (Å²) in [5.74, 6) is 0. The quantitative estimate of drug-likeness (QED) is 0.746. The van der Waals surface area contributed by atoms with Gasteiger partial charge in [0.2, 0.25) is 0 Å². The highest BCUT2D eigenvalue weighted by Gasteiger charge is 2.26. The standard InChI is InChI=1S/C11H23FN2O/c1-9(2)13-11-6-10(12)7-14(8-11)4-5-15-3/h9-11,13H,4-8H2,1-3H3. The molecule has 0 aromatic rings. The zero-order valence-electron chi connectivity index (χ0n) is 10.0. The first-order chi connectivity index (χ1) is 7.11. The van der Waals surface area contributed by atoms with Crippen LogP contribution in [0.4, 0.5) is 4.39 Å². The van der Waals surface area contributed by atoms with E-state index in [1.165, 1.54) is 0 Å². The second kappa shape index (κ2) is 6.40. The Labute approximate surface area is 92.0 Å². The van der Waals surface area contributed by atoms with Crippen molar-refractivity contribution in [2.24, 2.45) is 0 Å². The van der Waals surface area contributed by atoms with E-state index in [4.69, 9.17) is 4.74 Å². The third kappa shape index (κ3) is 4.91. The number of alkyl halides is 1. The van der Waals surface area contributed by atoms with Crippen molar-refractivity contribution in [1.29, 1.82) is 0 Å². The van der Waals surface area contributed by atoms with Gasteiger partial charge in [0.25, 0.3) is 0 Å². The van der Waals surface area contributed by atoms with E-state index in [-0.39, 0.29) is 6.04 Å². The molecule has 0 saturated carbocycles. The highest BCUT2D eigenvalue weighted by atomic mass is 19.1. The number of likely N-dealkylation sites (tertiary alicyclic amines) is 1. The molecule has 2 atom stereocenters. The van der Waals surface area contributed by atoms with Crippen LogP contribution in [0.2, 0.25) is 0 Å². The number of hydrogen-bond acceptors (Lipinski definition) is 3. The van der Waals surface area contributed by atoms with Crippen molar-refractivity contribution in [3.63, 3.8) is 0 Å². The van der Waals surface area contributed by atoms with Crippen molar-refractivity contribution < 1.29 is 9.13 Å². The minimum absolute atomic E-state index is 0.283. The van der Waals surface area contributed by atoms with Crippen molar-refractivity contribution >= 4 is 0 Å². The summed E-state index contributed by atoms with van der Waals surface area (Å²) in [7, 11) is 1.68. The SMILES string of the molecule is COCCN1CC(F)CC(NC(C)C)C1. The van der Waals surface area contributed by atoms with Crippen LogP contribution in [0.25, 0.3) is 0 Å². The first kappa shape index (κ1) is 12.9. The number of nitrogens with zero attached hydrogens (tertiary/aromatic N) is 1. The summed E-state index contributed by atoms with van der Waals surface area (Å²) in [6.07, 6.45) is -0.0614. The smallest absolute Gasteiger partial charge is 0.114 e. The number of halogens is 1. The van der Waals surface area contributed by atoms with Crippen LogP contribution >= 0.6 is 0 Å². The van der Waals surface area contributed by atoms with Crippen LogP contribution in [0.5, 0.6) is 0 Å². The van der Waals surface area contributed by atoms with Crippen molar-refractivity contribution in [2.45, 2.75) is 38.5 Å². The van der Waals surface area contributed by atoms with Gasteiger partial charge in [-0.3, -0.25) is 4.90 Å². The van der Waals surface area contributed by atoms with Gasteiger partial charge in [0, 0.05) is 38.8 Å². The minimum Gasteiger partial charge on any atom is -0.383 e. The molecule has 2 unspecified atom stereocenters. The van der Waals surface area contributed by atoms with Crippen LogP contribution in [-0.2, 0) is 4.74 Å². The Balaban J connectivity index is 2.34. The highest BCUT2D eigenvalue weighted by molar-refractivity contribution is 4.84. The molecule has 4 heteroatoms. The Morgan fingerprint density at radius 2 is 2.20 bits per heavy atom. The van der Waals surface area contributed by atoms with Gasteiger partial charge in [0.1, 0.15) is 6.17 Å². The average molecular weight is 218 g/mol. The van der Waals surface area contributed by atoms with E-state index < -0.39 is 6.17 Å². The summed E-state index contributed by atoms with van der Waals surface area (Å²) in [5.41, 5.74) is 0. The molecule has 0 spiro atoms. The fraction of sp³-hybridized carbons (Fsp3) is 1.00. The van der Waals surface area contributed by atoms with Crippen LogP contribution in [0, 0.1) is 0 Å². The number of hydrogen-bond donors (Lipinski definition) is 1. The van der Waals surface area contributed by atoms with Gasteiger partial charge in [-0.25, -0.2) is 4.39 Å². The summed E-state index contributed by atoms with van der Waals surface area (Å²) in [4.78, 5) is 2.14.